The Kier molecular flexibility index (Phi) is 14.8. The Morgan fingerprint density at radius 2 is 1.67 bits per heavy atom. The van der Waals surface area contributed by atoms with E-state index < -0.39 is 24.2 Å². The molecule has 7 atom stereocenters. The van der Waals surface area contributed by atoms with Crippen LogP contribution in [0.4, 0.5) is 0 Å². The number of hydrogen-bond acceptors (Lipinski definition) is 6. The minimum atomic E-state index is -0.647. The molecule has 1 saturated heterocycles. The van der Waals surface area contributed by atoms with Gasteiger partial charge in [0, 0.05) is 34.2 Å². The van der Waals surface area contributed by atoms with E-state index in [4.69, 9.17) is 9.47 Å². The summed E-state index contributed by atoms with van der Waals surface area (Å²) in [6.07, 6.45) is 2.31. The number of likely N-dealkylation sites (N-methyl/N-ethyl adjacent to an activating group) is 1. The molecule has 1 heterocycles. The topological polar surface area (TPSA) is 105 Å². The molecule has 2 rings (SSSR count). The zero-order valence-electron chi connectivity index (χ0n) is 27.8. The average molecular weight is 602 g/mol. The Morgan fingerprint density at radius 3 is 2.21 bits per heavy atom. The lowest BCUT2D eigenvalue weighted by atomic mass is 9.90. The fraction of sp³-hybridized carbons (Fsp3) is 0.706. The van der Waals surface area contributed by atoms with Crippen LogP contribution in [0.15, 0.2) is 30.3 Å². The molecule has 9 nitrogen and oxygen atoms in total. The number of nitrogens with zero attached hydrogens (tertiary/aromatic N) is 2. The summed E-state index contributed by atoms with van der Waals surface area (Å²) < 4.78 is 11.8. The summed E-state index contributed by atoms with van der Waals surface area (Å²) in [6, 6.07) is 8.41. The number of Topliss-reactive ketones (excluding diaryl/α,β-unsaturated/α-hetero) is 1. The van der Waals surface area contributed by atoms with Crippen molar-refractivity contribution in [3.05, 3.63) is 35.9 Å². The second-order valence-corrected chi connectivity index (χ2v) is 12.6. The van der Waals surface area contributed by atoms with Crippen LogP contribution >= 0.6 is 0 Å². The highest BCUT2D eigenvalue weighted by Gasteiger charge is 2.42. The smallest absolute Gasteiger partial charge is 0.226 e. The van der Waals surface area contributed by atoms with E-state index in [1.165, 1.54) is 6.92 Å². The normalized spacial score (nSPS) is 19.3. The fourth-order valence-electron chi connectivity index (χ4n) is 6.27. The SMILES string of the molecule is CC[C@H](C)[C@@H]([C@@H](CC(=O)N1CCC[C@H]1[C@H](OC)[C@@H](C)C(=O)N[C@@H](Cc1ccccc1)C(C)=O)OC)N(C)C(=O)CC(C)C. The van der Waals surface area contributed by atoms with E-state index in [0.717, 1.165) is 18.4 Å². The number of carbonyl (C=O) groups is 4. The van der Waals surface area contributed by atoms with Gasteiger partial charge in [0.25, 0.3) is 0 Å². The quantitative estimate of drug-likeness (QED) is 0.286. The first-order valence-electron chi connectivity index (χ1n) is 15.8. The van der Waals surface area contributed by atoms with Gasteiger partial charge in [-0.3, -0.25) is 19.2 Å². The molecule has 1 aromatic carbocycles. The Balaban J connectivity index is 2.18. The number of likely N-dealkylation sites (tertiary alicyclic amines) is 1. The molecule has 0 aliphatic carbocycles. The van der Waals surface area contributed by atoms with E-state index >= 15 is 0 Å². The molecule has 43 heavy (non-hydrogen) atoms. The monoisotopic (exact) mass is 601 g/mol. The first kappa shape index (κ1) is 36.4. The van der Waals surface area contributed by atoms with Crippen LogP contribution in [0, 0.1) is 17.8 Å². The Labute approximate surface area is 259 Å². The van der Waals surface area contributed by atoms with Crippen molar-refractivity contribution in [2.75, 3.05) is 27.8 Å². The first-order valence-corrected chi connectivity index (χ1v) is 15.8. The molecule has 0 unspecified atom stereocenters. The Bertz CT molecular complexity index is 1050. The maximum atomic E-state index is 13.8. The number of ether oxygens (including phenoxy) is 2. The third-order valence-electron chi connectivity index (χ3n) is 8.98. The molecular weight excluding hydrogens is 546 g/mol. The molecule has 1 aliphatic heterocycles. The second kappa shape index (κ2) is 17.5. The predicted octanol–water partition coefficient (Wildman–Crippen LogP) is 4.27. The number of ketones is 1. The summed E-state index contributed by atoms with van der Waals surface area (Å²) >= 11 is 0. The highest BCUT2D eigenvalue weighted by Crippen LogP contribution is 2.29. The maximum Gasteiger partial charge on any atom is 0.226 e. The van der Waals surface area contributed by atoms with Gasteiger partial charge in [0.15, 0.2) is 5.78 Å². The summed E-state index contributed by atoms with van der Waals surface area (Å²) in [7, 11) is 4.97. The molecule has 1 N–H and O–H groups in total. The van der Waals surface area contributed by atoms with E-state index in [9.17, 15) is 19.2 Å². The second-order valence-electron chi connectivity index (χ2n) is 12.6. The molecule has 3 amide bonds. The van der Waals surface area contributed by atoms with Crippen molar-refractivity contribution in [3.8, 4) is 0 Å². The number of rotatable bonds is 17. The van der Waals surface area contributed by atoms with Gasteiger partial charge in [-0.1, -0.05) is 71.4 Å². The van der Waals surface area contributed by atoms with Gasteiger partial charge >= 0.3 is 0 Å². The van der Waals surface area contributed by atoms with Crippen molar-refractivity contribution < 1.29 is 28.7 Å². The molecular formula is C34H55N3O6. The van der Waals surface area contributed by atoms with Gasteiger partial charge in [-0.05, 0) is 43.6 Å². The highest BCUT2D eigenvalue weighted by molar-refractivity contribution is 5.88. The third kappa shape index (κ3) is 10.1. The number of carbonyl (C=O) groups excluding carboxylic acids is 4. The summed E-state index contributed by atoms with van der Waals surface area (Å²) in [5, 5.41) is 2.93. The molecule has 1 aromatic rings. The Hall–Kier alpha value is -2.78. The summed E-state index contributed by atoms with van der Waals surface area (Å²) in [6.45, 7) is 12.0. The van der Waals surface area contributed by atoms with Crippen molar-refractivity contribution in [1.29, 1.82) is 0 Å². The van der Waals surface area contributed by atoms with Gasteiger partial charge < -0.3 is 24.6 Å². The van der Waals surface area contributed by atoms with Gasteiger partial charge in [0.2, 0.25) is 17.7 Å². The first-order chi connectivity index (χ1) is 20.4. The van der Waals surface area contributed by atoms with Crippen molar-refractivity contribution in [3.63, 3.8) is 0 Å². The van der Waals surface area contributed by atoms with Gasteiger partial charge in [-0.25, -0.2) is 0 Å². The average Bonchev–Trinajstić information content (AvgIpc) is 3.46. The number of amides is 3. The number of hydrogen-bond donors (Lipinski definition) is 1. The van der Waals surface area contributed by atoms with E-state index in [1.807, 2.05) is 56.1 Å². The van der Waals surface area contributed by atoms with Crippen LogP contribution in [0.5, 0.6) is 0 Å². The van der Waals surface area contributed by atoms with E-state index in [1.54, 1.807) is 26.0 Å². The van der Waals surface area contributed by atoms with Crippen LogP contribution in [0.1, 0.15) is 79.2 Å². The maximum absolute atomic E-state index is 13.8. The molecule has 0 saturated carbocycles. The largest absolute Gasteiger partial charge is 0.379 e. The van der Waals surface area contributed by atoms with Crippen molar-refractivity contribution in [2.45, 2.75) is 110 Å². The van der Waals surface area contributed by atoms with Gasteiger partial charge in [-0.2, -0.15) is 0 Å². The zero-order chi connectivity index (χ0) is 32.3. The van der Waals surface area contributed by atoms with E-state index in [0.29, 0.717) is 25.8 Å². The zero-order valence-corrected chi connectivity index (χ0v) is 27.8. The molecule has 0 bridgehead atoms. The Morgan fingerprint density at radius 1 is 1.02 bits per heavy atom. The number of benzene rings is 1. The van der Waals surface area contributed by atoms with Crippen LogP contribution in [-0.2, 0) is 35.1 Å². The van der Waals surface area contributed by atoms with Crippen LogP contribution in [0.25, 0.3) is 0 Å². The molecule has 1 aliphatic rings. The van der Waals surface area contributed by atoms with E-state index in [-0.39, 0.29) is 53.8 Å². The van der Waals surface area contributed by atoms with Gasteiger partial charge in [0.05, 0.1) is 42.7 Å². The molecule has 9 heteroatoms. The third-order valence-corrected chi connectivity index (χ3v) is 8.98. The lowest BCUT2D eigenvalue weighted by molar-refractivity contribution is -0.146. The highest BCUT2D eigenvalue weighted by atomic mass is 16.5. The lowest BCUT2D eigenvalue weighted by Crippen LogP contribution is -2.54. The molecule has 242 valence electrons. The predicted molar refractivity (Wildman–Crippen MR) is 168 cm³/mol. The number of methoxy groups -OCH3 is 2. The number of nitrogens with one attached hydrogen (secondary N) is 1. The van der Waals surface area contributed by atoms with Gasteiger partial charge in [0.1, 0.15) is 0 Å². The van der Waals surface area contributed by atoms with Crippen LogP contribution in [-0.4, -0.2) is 91.5 Å². The summed E-state index contributed by atoms with van der Waals surface area (Å²) in [5.74, 6) is -0.652. The molecule has 0 radical (unpaired) electrons. The van der Waals surface area contributed by atoms with Crippen LogP contribution < -0.4 is 5.32 Å². The van der Waals surface area contributed by atoms with Crippen LogP contribution in [0.2, 0.25) is 0 Å². The molecule has 1 fully saturated rings. The van der Waals surface area contributed by atoms with Crippen LogP contribution in [0.3, 0.4) is 0 Å². The summed E-state index contributed by atoms with van der Waals surface area (Å²) in [4.78, 5) is 56.3. The molecule has 0 spiro atoms. The minimum Gasteiger partial charge on any atom is -0.379 e. The van der Waals surface area contributed by atoms with E-state index in [2.05, 4.69) is 19.2 Å². The van der Waals surface area contributed by atoms with Crippen molar-refractivity contribution in [1.82, 2.24) is 15.1 Å². The standard InChI is InChI=1S/C34H55N3O6/c1-10-23(4)32(36(7)30(39)19-22(2)3)29(42-8)21-31(40)37-18-14-17-28(37)33(43-9)24(5)34(41)35-27(25(6)38)20-26-15-12-11-13-16-26/h11-13,15-16,22-24,27-29,32-33H,10,14,17-21H2,1-9H3,(H,35,41)/t23-,24+,27-,28-,29+,32-,33+/m0/s1. The molecule has 0 aromatic heterocycles. The van der Waals surface area contributed by atoms with Crippen molar-refractivity contribution in [2.24, 2.45) is 17.8 Å². The summed E-state index contributed by atoms with van der Waals surface area (Å²) in [5.41, 5.74) is 0.964. The van der Waals surface area contributed by atoms with Crippen molar-refractivity contribution >= 4 is 23.5 Å². The lowest BCUT2D eigenvalue weighted by Gasteiger charge is -2.39. The fourth-order valence-corrected chi connectivity index (χ4v) is 6.27. The van der Waals surface area contributed by atoms with Gasteiger partial charge in [-0.15, -0.1) is 0 Å². The minimum absolute atomic E-state index is 0.0456.